The number of benzene rings is 1. The summed E-state index contributed by atoms with van der Waals surface area (Å²) in [5.74, 6) is 1.00. The van der Waals surface area contributed by atoms with Gasteiger partial charge in [-0.1, -0.05) is 43.6 Å². The highest BCUT2D eigenvalue weighted by Crippen LogP contribution is 2.31. The molecule has 1 aromatic carbocycles. The molecule has 0 aliphatic rings. The highest BCUT2D eigenvalue weighted by molar-refractivity contribution is 9.10. The van der Waals surface area contributed by atoms with E-state index in [1.165, 1.54) is 0 Å². The predicted molar refractivity (Wildman–Crippen MR) is 85.5 cm³/mol. The Hall–Kier alpha value is -0.590. The van der Waals surface area contributed by atoms with E-state index in [9.17, 15) is 8.42 Å². The first-order valence-electron chi connectivity index (χ1n) is 6.43. The van der Waals surface area contributed by atoms with E-state index in [2.05, 4.69) is 29.8 Å². The quantitative estimate of drug-likeness (QED) is 0.842. The summed E-state index contributed by atoms with van der Waals surface area (Å²) in [6.45, 7) is 8.12. The fourth-order valence-corrected chi connectivity index (χ4v) is 3.51. The van der Waals surface area contributed by atoms with Gasteiger partial charge in [0.05, 0.1) is 12.4 Å². The van der Waals surface area contributed by atoms with E-state index in [1.807, 2.05) is 32.0 Å². The van der Waals surface area contributed by atoms with Crippen molar-refractivity contribution in [3.8, 4) is 5.75 Å². The Balaban J connectivity index is 2.85. The largest absolute Gasteiger partial charge is 0.493 e. The SMILES string of the molecule is CC(C)c1cc(Br)ccc1OCC(C)(C)CS(N)(=O)=O. The molecule has 1 rings (SSSR count). The van der Waals surface area contributed by atoms with Gasteiger partial charge in [-0.05, 0) is 29.7 Å². The maximum absolute atomic E-state index is 11.2. The number of hydrogen-bond acceptors (Lipinski definition) is 3. The third kappa shape index (κ3) is 5.81. The Morgan fingerprint density at radius 3 is 2.45 bits per heavy atom. The first-order valence-corrected chi connectivity index (χ1v) is 8.94. The molecule has 0 atom stereocenters. The third-order valence-electron chi connectivity index (χ3n) is 2.80. The Labute approximate surface area is 129 Å². The van der Waals surface area contributed by atoms with Crippen molar-refractivity contribution in [2.24, 2.45) is 10.6 Å². The molecule has 0 saturated carbocycles. The summed E-state index contributed by atoms with van der Waals surface area (Å²) in [5, 5.41) is 5.10. The number of primary sulfonamides is 1. The number of rotatable bonds is 6. The Morgan fingerprint density at radius 2 is 1.95 bits per heavy atom. The van der Waals surface area contributed by atoms with Crippen LogP contribution in [0.1, 0.15) is 39.2 Å². The van der Waals surface area contributed by atoms with Crippen LogP contribution >= 0.6 is 15.9 Å². The lowest BCUT2D eigenvalue weighted by Gasteiger charge is -2.25. The molecule has 20 heavy (non-hydrogen) atoms. The molecule has 0 bridgehead atoms. The monoisotopic (exact) mass is 363 g/mol. The molecule has 0 unspecified atom stereocenters. The lowest BCUT2D eigenvalue weighted by Crippen LogP contribution is -2.33. The van der Waals surface area contributed by atoms with Crippen LogP contribution < -0.4 is 9.88 Å². The first kappa shape index (κ1) is 17.5. The second-order valence-corrected chi connectivity index (χ2v) is 8.63. The van der Waals surface area contributed by atoms with Gasteiger partial charge in [0.15, 0.2) is 0 Å². The minimum absolute atomic E-state index is 0.104. The standard InChI is InChI=1S/C14H22BrNO3S/c1-10(2)12-7-11(15)5-6-13(12)19-8-14(3,4)9-20(16,17)18/h5-7,10H,8-9H2,1-4H3,(H2,16,17,18). The number of sulfonamides is 1. The van der Waals surface area contributed by atoms with Gasteiger partial charge in [0.1, 0.15) is 5.75 Å². The zero-order valence-corrected chi connectivity index (χ0v) is 14.7. The lowest BCUT2D eigenvalue weighted by atomic mass is 9.97. The molecule has 0 fully saturated rings. The average Bonchev–Trinajstić information content (AvgIpc) is 2.23. The van der Waals surface area contributed by atoms with Gasteiger partial charge in [0, 0.05) is 9.89 Å². The van der Waals surface area contributed by atoms with Crippen molar-refractivity contribution < 1.29 is 13.2 Å². The minimum atomic E-state index is -3.51. The zero-order valence-electron chi connectivity index (χ0n) is 12.3. The van der Waals surface area contributed by atoms with E-state index in [0.29, 0.717) is 12.5 Å². The van der Waals surface area contributed by atoms with Gasteiger partial charge in [0.25, 0.3) is 0 Å². The van der Waals surface area contributed by atoms with Crippen molar-refractivity contribution in [1.82, 2.24) is 0 Å². The van der Waals surface area contributed by atoms with Crippen LogP contribution in [-0.4, -0.2) is 20.8 Å². The van der Waals surface area contributed by atoms with Crippen LogP contribution in [0.4, 0.5) is 0 Å². The van der Waals surface area contributed by atoms with Gasteiger partial charge in [0.2, 0.25) is 10.0 Å². The van der Waals surface area contributed by atoms with Gasteiger partial charge in [-0.15, -0.1) is 0 Å². The minimum Gasteiger partial charge on any atom is -0.493 e. The molecule has 0 heterocycles. The third-order valence-corrected chi connectivity index (χ3v) is 4.48. The zero-order chi connectivity index (χ0) is 15.6. The highest BCUT2D eigenvalue weighted by atomic mass is 79.9. The normalized spacial score (nSPS) is 12.8. The van der Waals surface area contributed by atoms with E-state index in [0.717, 1.165) is 15.8 Å². The van der Waals surface area contributed by atoms with Crippen molar-refractivity contribution in [3.63, 3.8) is 0 Å². The summed E-state index contributed by atoms with van der Waals surface area (Å²) in [6.07, 6.45) is 0. The second-order valence-electron chi connectivity index (χ2n) is 6.10. The number of halogens is 1. The van der Waals surface area contributed by atoms with Crippen LogP contribution in [0.2, 0.25) is 0 Å². The highest BCUT2D eigenvalue weighted by Gasteiger charge is 2.25. The second kappa shape index (κ2) is 6.45. The molecule has 0 saturated heterocycles. The van der Waals surface area contributed by atoms with E-state index < -0.39 is 15.4 Å². The molecule has 0 amide bonds. The summed E-state index contributed by atoms with van der Waals surface area (Å²) in [7, 11) is -3.51. The number of ether oxygens (including phenoxy) is 1. The van der Waals surface area contributed by atoms with E-state index >= 15 is 0 Å². The molecule has 6 heteroatoms. The summed E-state index contributed by atoms with van der Waals surface area (Å²) >= 11 is 3.44. The molecule has 0 aromatic heterocycles. The summed E-state index contributed by atoms with van der Waals surface area (Å²) in [4.78, 5) is 0. The van der Waals surface area contributed by atoms with Crippen LogP contribution in [-0.2, 0) is 10.0 Å². The van der Waals surface area contributed by atoms with E-state index in [-0.39, 0.29) is 5.75 Å². The molecular formula is C14H22BrNO3S. The van der Waals surface area contributed by atoms with Crippen LogP contribution in [0.25, 0.3) is 0 Å². The lowest BCUT2D eigenvalue weighted by molar-refractivity contribution is 0.198. The Bertz CT molecular complexity index is 568. The van der Waals surface area contributed by atoms with Crippen molar-refractivity contribution in [1.29, 1.82) is 0 Å². The van der Waals surface area contributed by atoms with Crippen molar-refractivity contribution in [2.45, 2.75) is 33.6 Å². The van der Waals surface area contributed by atoms with E-state index in [4.69, 9.17) is 9.88 Å². The maximum atomic E-state index is 11.2. The van der Waals surface area contributed by atoms with Crippen LogP contribution in [0.5, 0.6) is 5.75 Å². The molecule has 1 aromatic rings. The van der Waals surface area contributed by atoms with Gasteiger partial charge in [-0.25, -0.2) is 13.6 Å². The van der Waals surface area contributed by atoms with Gasteiger partial charge in [-0.3, -0.25) is 0 Å². The van der Waals surface area contributed by atoms with Crippen LogP contribution in [0.3, 0.4) is 0 Å². The topological polar surface area (TPSA) is 69.4 Å². The maximum Gasteiger partial charge on any atom is 0.209 e. The summed E-state index contributed by atoms with van der Waals surface area (Å²) < 4.78 is 29.2. The molecule has 0 radical (unpaired) electrons. The first-order chi connectivity index (χ1) is 9.00. The fourth-order valence-electron chi connectivity index (χ4n) is 1.96. The summed E-state index contributed by atoms with van der Waals surface area (Å²) in [6, 6.07) is 5.83. The molecule has 114 valence electrons. The van der Waals surface area contributed by atoms with E-state index in [1.54, 1.807) is 0 Å². The predicted octanol–water partition coefficient (Wildman–Crippen LogP) is 3.27. The molecule has 0 aliphatic carbocycles. The van der Waals surface area contributed by atoms with Crippen LogP contribution in [0, 0.1) is 5.41 Å². The van der Waals surface area contributed by atoms with Crippen molar-refractivity contribution in [2.75, 3.05) is 12.4 Å². The smallest absolute Gasteiger partial charge is 0.209 e. The molecule has 2 N–H and O–H groups in total. The number of hydrogen-bond donors (Lipinski definition) is 1. The van der Waals surface area contributed by atoms with Gasteiger partial charge < -0.3 is 4.74 Å². The molecule has 4 nitrogen and oxygen atoms in total. The van der Waals surface area contributed by atoms with Gasteiger partial charge in [-0.2, -0.15) is 0 Å². The molecule has 0 aliphatic heterocycles. The Morgan fingerprint density at radius 1 is 1.35 bits per heavy atom. The average molecular weight is 364 g/mol. The molecule has 0 spiro atoms. The number of nitrogens with two attached hydrogens (primary N) is 1. The summed E-state index contributed by atoms with van der Waals surface area (Å²) in [5.41, 5.74) is 0.556. The van der Waals surface area contributed by atoms with Crippen LogP contribution in [0.15, 0.2) is 22.7 Å². The van der Waals surface area contributed by atoms with Crippen molar-refractivity contribution >= 4 is 26.0 Å². The van der Waals surface area contributed by atoms with Crippen molar-refractivity contribution in [3.05, 3.63) is 28.2 Å². The Kier molecular flexibility index (Phi) is 5.63. The fraction of sp³-hybridized carbons (Fsp3) is 0.571. The molecular weight excluding hydrogens is 342 g/mol. The van der Waals surface area contributed by atoms with Gasteiger partial charge >= 0.3 is 0 Å².